The SMILES string of the molecule is CCNC(=NCc1nc(C)c(C)o1)NCC1CN(C)CCO1.I. The maximum atomic E-state index is 5.74. The zero-order valence-electron chi connectivity index (χ0n) is 14.4. The number of nitrogens with zero attached hydrogens (tertiary/aromatic N) is 3. The molecule has 0 aromatic carbocycles. The van der Waals surface area contributed by atoms with Crippen LogP contribution in [0, 0.1) is 13.8 Å². The summed E-state index contributed by atoms with van der Waals surface area (Å²) in [5.41, 5.74) is 0.918. The second-order valence-electron chi connectivity index (χ2n) is 5.58. The monoisotopic (exact) mass is 437 g/mol. The number of likely N-dealkylation sites (N-methyl/N-ethyl adjacent to an activating group) is 1. The molecule has 0 bridgehead atoms. The molecular formula is C15H28IN5O2. The van der Waals surface area contributed by atoms with Gasteiger partial charge in [-0.2, -0.15) is 0 Å². The first kappa shape index (κ1) is 20.2. The summed E-state index contributed by atoms with van der Waals surface area (Å²) in [7, 11) is 2.11. The molecule has 2 N–H and O–H groups in total. The summed E-state index contributed by atoms with van der Waals surface area (Å²) in [6, 6.07) is 0. The van der Waals surface area contributed by atoms with Crippen molar-refractivity contribution in [3.05, 3.63) is 17.3 Å². The van der Waals surface area contributed by atoms with Crippen LogP contribution in [0.1, 0.15) is 24.3 Å². The highest BCUT2D eigenvalue weighted by atomic mass is 127. The van der Waals surface area contributed by atoms with E-state index in [-0.39, 0.29) is 30.1 Å². The van der Waals surface area contributed by atoms with Crippen LogP contribution in [0.15, 0.2) is 9.41 Å². The van der Waals surface area contributed by atoms with Crippen LogP contribution in [-0.4, -0.2) is 61.8 Å². The number of nitrogens with one attached hydrogen (secondary N) is 2. The molecule has 2 heterocycles. The van der Waals surface area contributed by atoms with Gasteiger partial charge in [0, 0.05) is 26.2 Å². The highest BCUT2D eigenvalue weighted by molar-refractivity contribution is 14.0. The number of morpholine rings is 1. The molecule has 0 radical (unpaired) electrons. The lowest BCUT2D eigenvalue weighted by Gasteiger charge is -2.30. The van der Waals surface area contributed by atoms with Crippen molar-refractivity contribution in [1.29, 1.82) is 0 Å². The van der Waals surface area contributed by atoms with E-state index in [1.54, 1.807) is 0 Å². The molecule has 1 aromatic heterocycles. The topological polar surface area (TPSA) is 74.9 Å². The molecule has 8 heteroatoms. The van der Waals surface area contributed by atoms with Crippen molar-refractivity contribution < 1.29 is 9.15 Å². The number of aliphatic imine (C=N–C) groups is 1. The van der Waals surface area contributed by atoms with Crippen LogP contribution in [0.3, 0.4) is 0 Å². The van der Waals surface area contributed by atoms with Gasteiger partial charge >= 0.3 is 0 Å². The minimum atomic E-state index is 0. The molecule has 132 valence electrons. The number of hydrogen-bond donors (Lipinski definition) is 2. The van der Waals surface area contributed by atoms with Crippen molar-refractivity contribution in [3.63, 3.8) is 0 Å². The molecule has 1 atom stereocenters. The average Bonchev–Trinajstić information content (AvgIpc) is 2.81. The number of aryl methyl sites for hydroxylation is 2. The van der Waals surface area contributed by atoms with Gasteiger partial charge in [-0.05, 0) is 27.8 Å². The predicted molar refractivity (Wildman–Crippen MR) is 101 cm³/mol. The predicted octanol–water partition coefficient (Wildman–Crippen LogP) is 1.30. The summed E-state index contributed by atoms with van der Waals surface area (Å²) < 4.78 is 11.3. The Morgan fingerprint density at radius 2 is 2.17 bits per heavy atom. The van der Waals surface area contributed by atoms with E-state index in [2.05, 4.69) is 32.6 Å². The summed E-state index contributed by atoms with van der Waals surface area (Å²) in [6.45, 7) is 10.6. The van der Waals surface area contributed by atoms with Crippen molar-refractivity contribution in [2.45, 2.75) is 33.4 Å². The number of rotatable bonds is 5. The molecule has 1 aliphatic rings. The second kappa shape index (κ2) is 10.1. The Labute approximate surface area is 155 Å². The van der Waals surface area contributed by atoms with Gasteiger partial charge in [-0.25, -0.2) is 9.98 Å². The van der Waals surface area contributed by atoms with E-state index in [4.69, 9.17) is 9.15 Å². The van der Waals surface area contributed by atoms with Gasteiger partial charge in [0.05, 0.1) is 18.4 Å². The fourth-order valence-electron chi connectivity index (χ4n) is 2.30. The average molecular weight is 437 g/mol. The van der Waals surface area contributed by atoms with E-state index in [1.807, 2.05) is 20.8 Å². The standard InChI is InChI=1S/C15H27N5O2.HI/c1-5-16-15(17-8-13-10-20(4)6-7-21-13)18-9-14-19-11(2)12(3)22-14;/h13H,5-10H2,1-4H3,(H2,16,17,18);1H. The van der Waals surface area contributed by atoms with Gasteiger partial charge in [-0.15, -0.1) is 24.0 Å². The number of oxazole rings is 1. The van der Waals surface area contributed by atoms with E-state index in [0.29, 0.717) is 12.4 Å². The Morgan fingerprint density at radius 3 is 2.78 bits per heavy atom. The number of aromatic nitrogens is 1. The van der Waals surface area contributed by atoms with Crippen molar-refractivity contribution >= 4 is 29.9 Å². The summed E-state index contributed by atoms with van der Waals surface area (Å²) in [6.07, 6.45) is 0.189. The Kier molecular flexibility index (Phi) is 8.85. The Balaban J connectivity index is 0.00000264. The smallest absolute Gasteiger partial charge is 0.216 e. The van der Waals surface area contributed by atoms with Crippen LogP contribution < -0.4 is 10.6 Å². The van der Waals surface area contributed by atoms with Gasteiger partial charge < -0.3 is 24.7 Å². The van der Waals surface area contributed by atoms with Crippen molar-refractivity contribution in [1.82, 2.24) is 20.5 Å². The molecule has 0 aliphatic carbocycles. The number of hydrogen-bond acceptors (Lipinski definition) is 5. The number of guanidine groups is 1. The normalized spacial score (nSPS) is 19.3. The second-order valence-corrected chi connectivity index (χ2v) is 5.58. The largest absolute Gasteiger partial charge is 0.444 e. The lowest BCUT2D eigenvalue weighted by molar-refractivity contribution is -0.0161. The Bertz CT molecular complexity index is 487. The Hall–Kier alpha value is -0.870. The molecule has 0 spiro atoms. The minimum absolute atomic E-state index is 0. The molecule has 0 amide bonds. The third kappa shape index (κ3) is 6.64. The summed E-state index contributed by atoms with van der Waals surface area (Å²) in [4.78, 5) is 11.1. The molecular weight excluding hydrogens is 409 g/mol. The first-order valence-corrected chi connectivity index (χ1v) is 7.83. The van der Waals surface area contributed by atoms with Gasteiger partial charge in [0.25, 0.3) is 0 Å². The molecule has 7 nitrogen and oxygen atoms in total. The van der Waals surface area contributed by atoms with Gasteiger partial charge in [-0.1, -0.05) is 0 Å². The third-order valence-electron chi connectivity index (χ3n) is 3.63. The lowest BCUT2D eigenvalue weighted by atomic mass is 10.3. The molecule has 0 saturated carbocycles. The van der Waals surface area contributed by atoms with Crippen LogP contribution >= 0.6 is 24.0 Å². The summed E-state index contributed by atoms with van der Waals surface area (Å²) in [5, 5.41) is 6.55. The van der Waals surface area contributed by atoms with E-state index in [1.165, 1.54) is 0 Å². The van der Waals surface area contributed by atoms with Crippen LogP contribution in [0.25, 0.3) is 0 Å². The van der Waals surface area contributed by atoms with Gasteiger partial charge in [-0.3, -0.25) is 0 Å². The fourth-order valence-corrected chi connectivity index (χ4v) is 2.30. The van der Waals surface area contributed by atoms with E-state index in [0.717, 1.165) is 50.2 Å². The number of halogens is 1. The highest BCUT2D eigenvalue weighted by Gasteiger charge is 2.17. The van der Waals surface area contributed by atoms with Crippen LogP contribution in [-0.2, 0) is 11.3 Å². The number of ether oxygens (including phenoxy) is 1. The van der Waals surface area contributed by atoms with E-state index >= 15 is 0 Å². The molecule has 1 unspecified atom stereocenters. The molecule has 1 aliphatic heterocycles. The molecule has 23 heavy (non-hydrogen) atoms. The summed E-state index contributed by atoms with van der Waals surface area (Å²) >= 11 is 0. The third-order valence-corrected chi connectivity index (χ3v) is 3.63. The van der Waals surface area contributed by atoms with Crippen molar-refractivity contribution in [3.8, 4) is 0 Å². The van der Waals surface area contributed by atoms with Crippen molar-refractivity contribution in [2.75, 3.05) is 39.8 Å². The fraction of sp³-hybridized carbons (Fsp3) is 0.733. The van der Waals surface area contributed by atoms with Crippen molar-refractivity contribution in [2.24, 2.45) is 4.99 Å². The molecule has 1 saturated heterocycles. The quantitative estimate of drug-likeness (QED) is 0.411. The van der Waals surface area contributed by atoms with Crippen LogP contribution in [0.5, 0.6) is 0 Å². The van der Waals surface area contributed by atoms with E-state index < -0.39 is 0 Å². The van der Waals surface area contributed by atoms with E-state index in [9.17, 15) is 0 Å². The summed E-state index contributed by atoms with van der Waals surface area (Å²) in [5.74, 6) is 2.25. The van der Waals surface area contributed by atoms with Crippen LogP contribution in [0.4, 0.5) is 0 Å². The minimum Gasteiger partial charge on any atom is -0.444 e. The molecule has 1 aromatic rings. The molecule has 2 rings (SSSR count). The maximum absolute atomic E-state index is 5.74. The van der Waals surface area contributed by atoms with Gasteiger partial charge in [0.2, 0.25) is 5.89 Å². The van der Waals surface area contributed by atoms with Crippen LogP contribution in [0.2, 0.25) is 0 Å². The Morgan fingerprint density at radius 1 is 1.39 bits per heavy atom. The lowest BCUT2D eigenvalue weighted by Crippen LogP contribution is -2.48. The van der Waals surface area contributed by atoms with Gasteiger partial charge in [0.1, 0.15) is 12.3 Å². The van der Waals surface area contributed by atoms with Gasteiger partial charge in [0.15, 0.2) is 5.96 Å². The maximum Gasteiger partial charge on any atom is 0.216 e. The zero-order chi connectivity index (χ0) is 15.9. The first-order chi connectivity index (χ1) is 10.6. The first-order valence-electron chi connectivity index (χ1n) is 7.83. The highest BCUT2D eigenvalue weighted by Crippen LogP contribution is 2.09. The molecule has 1 fully saturated rings. The zero-order valence-corrected chi connectivity index (χ0v) is 16.7.